The Labute approximate surface area is 83.5 Å². The Kier molecular flexibility index (Phi) is 3.92. The van der Waals surface area contributed by atoms with Gasteiger partial charge in [-0.05, 0) is 18.1 Å². The Hall–Kier alpha value is -1.57. The van der Waals surface area contributed by atoms with Gasteiger partial charge in [0.05, 0.1) is 7.11 Å². The third kappa shape index (κ3) is 2.73. The lowest BCUT2D eigenvalue weighted by Crippen LogP contribution is -1.91. The van der Waals surface area contributed by atoms with Crippen molar-refractivity contribution in [3.63, 3.8) is 0 Å². The van der Waals surface area contributed by atoms with E-state index in [1.54, 1.807) is 12.1 Å². The topological polar surface area (TPSA) is 9.23 Å². The minimum Gasteiger partial charge on any atom is -0.496 e. The molecule has 1 rings (SSSR count). The first-order valence-electron chi connectivity index (χ1n) is 4.38. The monoisotopic (exact) mass is 192 g/mol. The van der Waals surface area contributed by atoms with Gasteiger partial charge < -0.3 is 4.74 Å². The van der Waals surface area contributed by atoms with Crippen molar-refractivity contribution in [2.75, 3.05) is 7.11 Å². The summed E-state index contributed by atoms with van der Waals surface area (Å²) in [6.45, 7) is 3.57. The van der Waals surface area contributed by atoms with Crippen LogP contribution in [0.1, 0.15) is 5.56 Å². The second-order valence-electron chi connectivity index (χ2n) is 2.82. The highest BCUT2D eigenvalue weighted by molar-refractivity contribution is 5.35. The standard InChI is InChI=1S/C12H13FO/c1-3-4-5-6-10-7-8-11(13)9-12(10)14-2/h3-5,7-9H,1,6H2,2H3. The zero-order valence-electron chi connectivity index (χ0n) is 8.16. The lowest BCUT2D eigenvalue weighted by atomic mass is 10.1. The molecule has 0 aliphatic rings. The van der Waals surface area contributed by atoms with Crippen molar-refractivity contribution in [2.24, 2.45) is 0 Å². The molecule has 0 aliphatic heterocycles. The van der Waals surface area contributed by atoms with Crippen LogP contribution >= 0.6 is 0 Å². The number of hydrogen-bond acceptors (Lipinski definition) is 1. The van der Waals surface area contributed by atoms with Gasteiger partial charge in [-0.25, -0.2) is 4.39 Å². The van der Waals surface area contributed by atoms with Crippen LogP contribution in [0.2, 0.25) is 0 Å². The molecule has 0 bridgehead atoms. The maximum absolute atomic E-state index is 12.8. The molecular formula is C12H13FO. The van der Waals surface area contributed by atoms with Crippen LogP contribution in [0.5, 0.6) is 5.75 Å². The first kappa shape index (κ1) is 10.5. The van der Waals surface area contributed by atoms with Gasteiger partial charge in [0.2, 0.25) is 0 Å². The van der Waals surface area contributed by atoms with E-state index in [9.17, 15) is 4.39 Å². The molecule has 0 radical (unpaired) electrons. The molecule has 0 saturated heterocycles. The molecule has 0 saturated carbocycles. The number of halogens is 1. The molecule has 14 heavy (non-hydrogen) atoms. The lowest BCUT2D eigenvalue weighted by molar-refractivity contribution is 0.407. The summed E-state index contributed by atoms with van der Waals surface area (Å²) >= 11 is 0. The molecule has 0 heterocycles. The van der Waals surface area contributed by atoms with Crippen molar-refractivity contribution >= 4 is 0 Å². The van der Waals surface area contributed by atoms with E-state index in [2.05, 4.69) is 6.58 Å². The number of allylic oxidation sites excluding steroid dienone is 3. The van der Waals surface area contributed by atoms with Gasteiger partial charge in [0.25, 0.3) is 0 Å². The predicted octanol–water partition coefficient (Wildman–Crippen LogP) is 3.12. The summed E-state index contributed by atoms with van der Waals surface area (Å²) < 4.78 is 17.9. The van der Waals surface area contributed by atoms with E-state index in [0.717, 1.165) is 12.0 Å². The van der Waals surface area contributed by atoms with Crippen molar-refractivity contribution in [3.8, 4) is 5.75 Å². The highest BCUT2D eigenvalue weighted by Gasteiger charge is 2.01. The van der Waals surface area contributed by atoms with Gasteiger partial charge in [-0.2, -0.15) is 0 Å². The van der Waals surface area contributed by atoms with E-state index in [-0.39, 0.29) is 5.82 Å². The SMILES string of the molecule is C=CC=CCc1ccc(F)cc1OC. The molecule has 0 atom stereocenters. The Morgan fingerprint density at radius 2 is 2.29 bits per heavy atom. The molecule has 74 valence electrons. The summed E-state index contributed by atoms with van der Waals surface area (Å²) in [6, 6.07) is 4.54. The van der Waals surface area contributed by atoms with Crippen LogP contribution in [0.15, 0.2) is 43.0 Å². The van der Waals surface area contributed by atoms with Crippen molar-refractivity contribution in [3.05, 3.63) is 54.4 Å². The van der Waals surface area contributed by atoms with Gasteiger partial charge in [-0.15, -0.1) is 0 Å². The number of rotatable bonds is 4. The second-order valence-corrected chi connectivity index (χ2v) is 2.82. The fourth-order valence-electron chi connectivity index (χ4n) is 1.18. The first-order chi connectivity index (χ1) is 6.77. The summed E-state index contributed by atoms with van der Waals surface area (Å²) in [5.74, 6) is 0.303. The van der Waals surface area contributed by atoms with Crippen LogP contribution in [0.4, 0.5) is 4.39 Å². The first-order valence-corrected chi connectivity index (χ1v) is 4.38. The summed E-state index contributed by atoms with van der Waals surface area (Å²) in [4.78, 5) is 0. The van der Waals surface area contributed by atoms with E-state index < -0.39 is 0 Å². The van der Waals surface area contributed by atoms with Crippen LogP contribution in [0.25, 0.3) is 0 Å². The predicted molar refractivity (Wildman–Crippen MR) is 56.0 cm³/mol. The van der Waals surface area contributed by atoms with Crippen LogP contribution in [0.3, 0.4) is 0 Å². The molecular weight excluding hydrogens is 179 g/mol. The number of benzene rings is 1. The number of methoxy groups -OCH3 is 1. The largest absolute Gasteiger partial charge is 0.496 e. The minimum atomic E-state index is -0.279. The average molecular weight is 192 g/mol. The van der Waals surface area contributed by atoms with E-state index >= 15 is 0 Å². The quantitative estimate of drug-likeness (QED) is 0.666. The second kappa shape index (κ2) is 5.22. The number of ether oxygens (including phenoxy) is 1. The highest BCUT2D eigenvalue weighted by Crippen LogP contribution is 2.20. The molecule has 2 heteroatoms. The summed E-state index contributed by atoms with van der Waals surface area (Å²) in [5.41, 5.74) is 0.965. The molecule has 0 N–H and O–H groups in total. The van der Waals surface area contributed by atoms with E-state index in [1.165, 1.54) is 19.2 Å². The van der Waals surface area contributed by atoms with Crippen LogP contribution in [-0.4, -0.2) is 7.11 Å². The average Bonchev–Trinajstić information content (AvgIpc) is 2.20. The van der Waals surface area contributed by atoms with E-state index in [1.807, 2.05) is 12.2 Å². The minimum absolute atomic E-state index is 0.279. The van der Waals surface area contributed by atoms with Crippen LogP contribution < -0.4 is 4.74 Å². The highest BCUT2D eigenvalue weighted by atomic mass is 19.1. The third-order valence-corrected chi connectivity index (χ3v) is 1.86. The van der Waals surface area contributed by atoms with Gasteiger partial charge in [-0.1, -0.05) is 30.9 Å². The Bertz CT molecular complexity index is 342. The van der Waals surface area contributed by atoms with Gasteiger partial charge in [-0.3, -0.25) is 0 Å². The maximum Gasteiger partial charge on any atom is 0.126 e. The van der Waals surface area contributed by atoms with E-state index in [4.69, 9.17) is 4.74 Å². The van der Waals surface area contributed by atoms with Crippen molar-refractivity contribution in [1.29, 1.82) is 0 Å². The number of hydrogen-bond donors (Lipinski definition) is 0. The molecule has 0 spiro atoms. The maximum atomic E-state index is 12.8. The Morgan fingerprint density at radius 3 is 2.93 bits per heavy atom. The summed E-state index contributed by atoms with van der Waals surface area (Å²) in [7, 11) is 1.54. The van der Waals surface area contributed by atoms with Crippen molar-refractivity contribution < 1.29 is 9.13 Å². The molecule has 0 fully saturated rings. The molecule has 0 aromatic heterocycles. The Balaban J connectivity index is 2.85. The van der Waals surface area contributed by atoms with E-state index in [0.29, 0.717) is 5.75 Å². The molecule has 0 aliphatic carbocycles. The zero-order chi connectivity index (χ0) is 10.4. The van der Waals surface area contributed by atoms with Gasteiger partial charge >= 0.3 is 0 Å². The molecule has 0 unspecified atom stereocenters. The fourth-order valence-corrected chi connectivity index (χ4v) is 1.18. The zero-order valence-corrected chi connectivity index (χ0v) is 8.16. The molecule has 1 nitrogen and oxygen atoms in total. The molecule has 1 aromatic rings. The smallest absolute Gasteiger partial charge is 0.126 e. The van der Waals surface area contributed by atoms with Crippen molar-refractivity contribution in [2.45, 2.75) is 6.42 Å². The van der Waals surface area contributed by atoms with Crippen LogP contribution in [0, 0.1) is 5.82 Å². The van der Waals surface area contributed by atoms with Crippen molar-refractivity contribution in [1.82, 2.24) is 0 Å². The Morgan fingerprint density at radius 1 is 1.50 bits per heavy atom. The van der Waals surface area contributed by atoms with Gasteiger partial charge in [0.1, 0.15) is 11.6 Å². The lowest BCUT2D eigenvalue weighted by Gasteiger charge is -2.05. The fraction of sp³-hybridized carbons (Fsp3) is 0.167. The van der Waals surface area contributed by atoms with Gasteiger partial charge in [0.15, 0.2) is 0 Å². The summed E-state index contributed by atoms with van der Waals surface area (Å²) in [5, 5.41) is 0. The molecule has 1 aromatic carbocycles. The third-order valence-electron chi connectivity index (χ3n) is 1.86. The van der Waals surface area contributed by atoms with Crippen LogP contribution in [-0.2, 0) is 6.42 Å². The summed E-state index contributed by atoms with van der Waals surface area (Å²) in [6.07, 6.45) is 6.22. The van der Waals surface area contributed by atoms with Gasteiger partial charge in [0, 0.05) is 6.07 Å². The molecule has 0 amide bonds. The normalized spacial score (nSPS) is 10.4.